The van der Waals surface area contributed by atoms with Crippen molar-refractivity contribution in [2.45, 2.75) is 6.42 Å². The SMILES string of the molecule is c1ccc(N(c2ccccc2)c2ccc3c(c2)Oc2cc(N(c4ccccc4)c4ccccc4)ccc2C3)cc1. The van der Waals surface area contributed by atoms with E-state index in [9.17, 15) is 0 Å². The van der Waals surface area contributed by atoms with E-state index in [1.165, 1.54) is 11.1 Å². The number of hydrogen-bond acceptors (Lipinski definition) is 3. The number of para-hydroxylation sites is 4. The summed E-state index contributed by atoms with van der Waals surface area (Å²) in [6, 6.07) is 54.9. The van der Waals surface area contributed by atoms with Gasteiger partial charge in [0.15, 0.2) is 0 Å². The zero-order valence-corrected chi connectivity index (χ0v) is 22.0. The fraction of sp³-hybridized carbons (Fsp3) is 0.0270. The van der Waals surface area contributed by atoms with Gasteiger partial charge in [-0.1, -0.05) is 84.9 Å². The molecule has 192 valence electrons. The molecular weight excluding hydrogens is 488 g/mol. The van der Waals surface area contributed by atoms with E-state index in [0.29, 0.717) is 0 Å². The molecule has 0 N–H and O–H groups in total. The monoisotopic (exact) mass is 516 g/mol. The highest BCUT2D eigenvalue weighted by Gasteiger charge is 2.22. The first kappa shape index (κ1) is 23.8. The Balaban J connectivity index is 1.27. The molecule has 3 heteroatoms. The van der Waals surface area contributed by atoms with Crippen LogP contribution in [0.25, 0.3) is 0 Å². The molecule has 0 saturated heterocycles. The van der Waals surface area contributed by atoms with Crippen molar-refractivity contribution in [1.82, 2.24) is 0 Å². The van der Waals surface area contributed by atoms with Crippen molar-refractivity contribution in [2.75, 3.05) is 9.80 Å². The maximum atomic E-state index is 6.65. The van der Waals surface area contributed by atoms with Gasteiger partial charge in [0.2, 0.25) is 0 Å². The van der Waals surface area contributed by atoms with Gasteiger partial charge in [-0.2, -0.15) is 0 Å². The zero-order valence-electron chi connectivity index (χ0n) is 22.0. The quantitative estimate of drug-likeness (QED) is 0.219. The number of fused-ring (bicyclic) bond motifs is 2. The first-order valence-electron chi connectivity index (χ1n) is 13.6. The molecule has 6 aromatic carbocycles. The molecule has 1 aliphatic rings. The maximum Gasteiger partial charge on any atom is 0.133 e. The van der Waals surface area contributed by atoms with Crippen LogP contribution in [0, 0.1) is 0 Å². The van der Waals surface area contributed by atoms with E-state index in [2.05, 4.69) is 143 Å². The summed E-state index contributed by atoms with van der Waals surface area (Å²) in [7, 11) is 0. The fourth-order valence-corrected chi connectivity index (χ4v) is 5.37. The molecule has 0 fully saturated rings. The number of rotatable bonds is 6. The van der Waals surface area contributed by atoms with Crippen LogP contribution in [0.2, 0.25) is 0 Å². The summed E-state index contributed by atoms with van der Waals surface area (Å²) in [5.41, 5.74) is 8.92. The Bertz CT molecular complexity index is 1530. The standard InChI is InChI=1S/C37H28N2O/c1-5-13-30(14-6-1)38(31-15-7-2-8-16-31)34-23-21-28-25-29-22-24-35(27-37(29)40-36(28)26-34)39(32-17-9-3-10-18-32)33-19-11-4-12-20-33/h1-24,26-27H,25H2. The summed E-state index contributed by atoms with van der Waals surface area (Å²) in [6.45, 7) is 0. The van der Waals surface area contributed by atoms with E-state index < -0.39 is 0 Å². The van der Waals surface area contributed by atoms with Gasteiger partial charge >= 0.3 is 0 Å². The minimum absolute atomic E-state index is 0.832. The second kappa shape index (κ2) is 10.5. The number of benzene rings is 6. The lowest BCUT2D eigenvalue weighted by molar-refractivity contribution is 0.460. The molecule has 0 spiro atoms. The van der Waals surface area contributed by atoms with Gasteiger partial charge in [-0.25, -0.2) is 0 Å². The summed E-state index contributed by atoms with van der Waals surface area (Å²) in [6.07, 6.45) is 0.832. The largest absolute Gasteiger partial charge is 0.457 e. The molecule has 0 bridgehead atoms. The highest BCUT2D eigenvalue weighted by atomic mass is 16.5. The number of hydrogen-bond donors (Lipinski definition) is 0. The Hall–Kier alpha value is -5.28. The molecule has 7 rings (SSSR count). The normalized spacial score (nSPS) is 11.6. The highest BCUT2D eigenvalue weighted by molar-refractivity contribution is 5.79. The summed E-state index contributed by atoms with van der Waals surface area (Å²) in [5, 5.41) is 0. The lowest BCUT2D eigenvalue weighted by Crippen LogP contribution is -2.12. The lowest BCUT2D eigenvalue weighted by atomic mass is 9.99. The van der Waals surface area contributed by atoms with Crippen LogP contribution in [0.4, 0.5) is 34.1 Å². The van der Waals surface area contributed by atoms with Gasteiger partial charge in [-0.15, -0.1) is 0 Å². The molecule has 1 aliphatic heterocycles. The van der Waals surface area contributed by atoms with Crippen molar-refractivity contribution in [3.63, 3.8) is 0 Å². The Morgan fingerprint density at radius 3 is 1.00 bits per heavy atom. The third-order valence-corrected chi connectivity index (χ3v) is 7.28. The van der Waals surface area contributed by atoms with Gasteiger partial charge in [0.05, 0.1) is 0 Å². The smallest absolute Gasteiger partial charge is 0.133 e. The molecule has 1 heterocycles. The van der Waals surface area contributed by atoms with E-state index in [0.717, 1.165) is 52.0 Å². The number of anilines is 6. The van der Waals surface area contributed by atoms with Crippen molar-refractivity contribution in [1.29, 1.82) is 0 Å². The molecule has 0 amide bonds. The van der Waals surface area contributed by atoms with E-state index in [-0.39, 0.29) is 0 Å². The second-order valence-electron chi connectivity index (χ2n) is 9.88. The number of nitrogens with zero attached hydrogens (tertiary/aromatic N) is 2. The van der Waals surface area contributed by atoms with Crippen LogP contribution in [0.3, 0.4) is 0 Å². The van der Waals surface area contributed by atoms with Gasteiger partial charge in [-0.05, 0) is 71.8 Å². The van der Waals surface area contributed by atoms with Gasteiger partial charge in [-0.3, -0.25) is 0 Å². The average Bonchev–Trinajstić information content (AvgIpc) is 3.02. The third kappa shape index (κ3) is 4.59. The van der Waals surface area contributed by atoms with Gasteiger partial charge in [0.25, 0.3) is 0 Å². The van der Waals surface area contributed by atoms with Crippen molar-refractivity contribution in [3.05, 3.63) is 169 Å². The van der Waals surface area contributed by atoms with Crippen LogP contribution in [-0.4, -0.2) is 0 Å². The maximum absolute atomic E-state index is 6.65. The molecule has 0 aromatic heterocycles. The molecule has 0 atom stereocenters. The summed E-state index contributed by atoms with van der Waals surface area (Å²) in [5.74, 6) is 1.79. The van der Waals surface area contributed by atoms with Gasteiger partial charge in [0.1, 0.15) is 11.5 Å². The summed E-state index contributed by atoms with van der Waals surface area (Å²) in [4.78, 5) is 4.53. The Labute approximate surface area is 235 Å². The first-order valence-corrected chi connectivity index (χ1v) is 13.6. The molecule has 0 unspecified atom stereocenters. The fourth-order valence-electron chi connectivity index (χ4n) is 5.37. The van der Waals surface area contributed by atoms with Crippen LogP contribution in [0.1, 0.15) is 11.1 Å². The molecule has 0 saturated carbocycles. The Morgan fingerprint density at radius 2 is 0.675 bits per heavy atom. The summed E-state index contributed by atoms with van der Waals surface area (Å²) >= 11 is 0. The third-order valence-electron chi connectivity index (χ3n) is 7.28. The van der Waals surface area contributed by atoms with E-state index in [4.69, 9.17) is 4.74 Å². The van der Waals surface area contributed by atoms with Crippen molar-refractivity contribution in [2.24, 2.45) is 0 Å². The molecule has 0 aliphatic carbocycles. The zero-order chi connectivity index (χ0) is 26.7. The predicted octanol–water partition coefficient (Wildman–Crippen LogP) is 10.3. The van der Waals surface area contributed by atoms with Crippen molar-refractivity contribution >= 4 is 34.1 Å². The van der Waals surface area contributed by atoms with Gasteiger partial charge < -0.3 is 14.5 Å². The molecule has 6 aromatic rings. The number of ether oxygens (including phenoxy) is 1. The average molecular weight is 517 g/mol. The van der Waals surface area contributed by atoms with Crippen LogP contribution in [0.15, 0.2) is 158 Å². The molecule has 3 nitrogen and oxygen atoms in total. The van der Waals surface area contributed by atoms with E-state index >= 15 is 0 Å². The van der Waals surface area contributed by atoms with Crippen molar-refractivity contribution in [3.8, 4) is 11.5 Å². The summed E-state index contributed by atoms with van der Waals surface area (Å²) < 4.78 is 6.65. The predicted molar refractivity (Wildman–Crippen MR) is 165 cm³/mol. The van der Waals surface area contributed by atoms with Crippen LogP contribution < -0.4 is 14.5 Å². The highest BCUT2D eigenvalue weighted by Crippen LogP contribution is 2.44. The van der Waals surface area contributed by atoms with E-state index in [1.807, 2.05) is 24.3 Å². The molecular formula is C37H28N2O. The van der Waals surface area contributed by atoms with Crippen LogP contribution in [-0.2, 0) is 6.42 Å². The Kier molecular flexibility index (Phi) is 6.23. The topological polar surface area (TPSA) is 15.7 Å². The van der Waals surface area contributed by atoms with Crippen molar-refractivity contribution < 1.29 is 4.74 Å². The molecule has 0 radical (unpaired) electrons. The lowest BCUT2D eigenvalue weighted by Gasteiger charge is -2.29. The minimum atomic E-state index is 0.832. The minimum Gasteiger partial charge on any atom is -0.457 e. The molecule has 40 heavy (non-hydrogen) atoms. The van der Waals surface area contributed by atoms with Crippen LogP contribution >= 0.6 is 0 Å². The first-order chi connectivity index (χ1) is 19.8. The second-order valence-corrected chi connectivity index (χ2v) is 9.88. The van der Waals surface area contributed by atoms with Crippen LogP contribution in [0.5, 0.6) is 11.5 Å². The van der Waals surface area contributed by atoms with Gasteiger partial charge in [0, 0.05) is 52.7 Å². The van der Waals surface area contributed by atoms with E-state index in [1.54, 1.807) is 0 Å². The Morgan fingerprint density at radius 1 is 0.350 bits per heavy atom.